The largest absolute Gasteiger partial charge is 0.322 e. The van der Waals surface area contributed by atoms with Gasteiger partial charge in [0.05, 0.1) is 6.04 Å². The van der Waals surface area contributed by atoms with Crippen LogP contribution in [0.25, 0.3) is 0 Å². The number of Topliss-reactive ketones (excluding diaryl/α,β-unsaturated/α-hetero) is 1. The second kappa shape index (κ2) is 5.95. The zero-order chi connectivity index (χ0) is 9.56. The van der Waals surface area contributed by atoms with Gasteiger partial charge in [-0.3, -0.25) is 4.79 Å². The molecule has 2 nitrogen and oxygen atoms in total. The molecule has 0 heterocycles. The molecule has 0 rings (SSSR count). The fraction of sp³-hybridized carbons (Fsp3) is 0.700. The highest BCUT2D eigenvalue weighted by molar-refractivity contribution is 5.80. The monoisotopic (exact) mass is 169 g/mol. The van der Waals surface area contributed by atoms with Gasteiger partial charge in [-0.1, -0.05) is 12.0 Å². The topological polar surface area (TPSA) is 43.1 Å². The van der Waals surface area contributed by atoms with Gasteiger partial charge in [0.1, 0.15) is 5.78 Å². The van der Waals surface area contributed by atoms with Crippen LogP contribution in [-0.4, -0.2) is 11.8 Å². The Morgan fingerprint density at radius 1 is 1.42 bits per heavy atom. The average molecular weight is 169 g/mol. The molecule has 0 fully saturated rings. The maximum Gasteiger partial charge on any atom is 0.146 e. The SMILES string of the molecule is C=C(C)CCCC[C@H](N)C(C)=O. The Morgan fingerprint density at radius 2 is 2.00 bits per heavy atom. The van der Waals surface area contributed by atoms with Crippen molar-refractivity contribution >= 4 is 5.78 Å². The maximum absolute atomic E-state index is 10.7. The Bertz CT molecular complexity index is 163. The standard InChI is InChI=1S/C10H19NO/c1-8(2)6-4-5-7-10(11)9(3)12/h10H,1,4-7,11H2,2-3H3/t10-/m0/s1. The highest BCUT2D eigenvalue weighted by Crippen LogP contribution is 2.07. The van der Waals surface area contributed by atoms with Crippen molar-refractivity contribution < 1.29 is 4.79 Å². The fourth-order valence-electron chi connectivity index (χ4n) is 0.994. The lowest BCUT2D eigenvalue weighted by atomic mass is 10.0. The van der Waals surface area contributed by atoms with Crippen molar-refractivity contribution in [2.45, 2.75) is 45.6 Å². The molecule has 2 heteroatoms. The van der Waals surface area contributed by atoms with E-state index in [1.54, 1.807) is 6.92 Å². The third-order valence-corrected chi connectivity index (χ3v) is 1.89. The molecule has 12 heavy (non-hydrogen) atoms. The van der Waals surface area contributed by atoms with Crippen molar-refractivity contribution in [3.63, 3.8) is 0 Å². The summed E-state index contributed by atoms with van der Waals surface area (Å²) < 4.78 is 0. The number of unbranched alkanes of at least 4 members (excludes halogenated alkanes) is 1. The molecule has 0 aliphatic rings. The number of hydrogen-bond donors (Lipinski definition) is 1. The van der Waals surface area contributed by atoms with Crippen LogP contribution in [0.1, 0.15) is 39.5 Å². The van der Waals surface area contributed by atoms with Gasteiger partial charge in [-0.15, -0.1) is 6.58 Å². The number of hydrogen-bond acceptors (Lipinski definition) is 2. The summed E-state index contributed by atoms with van der Waals surface area (Å²) in [7, 11) is 0. The third-order valence-electron chi connectivity index (χ3n) is 1.89. The lowest BCUT2D eigenvalue weighted by molar-refractivity contribution is -0.118. The zero-order valence-electron chi connectivity index (χ0n) is 8.10. The number of nitrogens with two attached hydrogens (primary N) is 1. The van der Waals surface area contributed by atoms with E-state index in [1.165, 1.54) is 5.57 Å². The Hall–Kier alpha value is -0.630. The van der Waals surface area contributed by atoms with E-state index in [2.05, 4.69) is 6.58 Å². The number of allylic oxidation sites excluding steroid dienone is 1. The van der Waals surface area contributed by atoms with Crippen LogP contribution in [0.3, 0.4) is 0 Å². The van der Waals surface area contributed by atoms with Gasteiger partial charge in [-0.25, -0.2) is 0 Å². The minimum absolute atomic E-state index is 0.0883. The summed E-state index contributed by atoms with van der Waals surface area (Å²) in [6, 6.07) is -0.255. The summed E-state index contributed by atoms with van der Waals surface area (Å²) in [6.07, 6.45) is 3.97. The van der Waals surface area contributed by atoms with Gasteiger partial charge < -0.3 is 5.73 Å². The van der Waals surface area contributed by atoms with E-state index >= 15 is 0 Å². The van der Waals surface area contributed by atoms with E-state index in [4.69, 9.17) is 5.73 Å². The van der Waals surface area contributed by atoms with Gasteiger partial charge in [-0.05, 0) is 33.1 Å². The first-order valence-corrected chi connectivity index (χ1v) is 4.44. The molecule has 0 aliphatic heterocycles. The molecule has 0 spiro atoms. The second-order valence-corrected chi connectivity index (χ2v) is 3.42. The van der Waals surface area contributed by atoms with E-state index < -0.39 is 0 Å². The van der Waals surface area contributed by atoms with E-state index in [9.17, 15) is 4.79 Å². The highest BCUT2D eigenvalue weighted by atomic mass is 16.1. The van der Waals surface area contributed by atoms with Crippen molar-refractivity contribution in [2.75, 3.05) is 0 Å². The molecule has 1 atom stereocenters. The van der Waals surface area contributed by atoms with Gasteiger partial charge in [0.15, 0.2) is 0 Å². The maximum atomic E-state index is 10.7. The molecule has 0 saturated carbocycles. The number of carbonyl (C=O) groups is 1. The minimum atomic E-state index is -0.255. The van der Waals surface area contributed by atoms with Gasteiger partial charge >= 0.3 is 0 Å². The third kappa shape index (κ3) is 6.10. The normalized spacial score (nSPS) is 12.6. The highest BCUT2D eigenvalue weighted by Gasteiger charge is 2.06. The van der Waals surface area contributed by atoms with Gasteiger partial charge in [-0.2, -0.15) is 0 Å². The number of ketones is 1. The van der Waals surface area contributed by atoms with Crippen LogP contribution in [0, 0.1) is 0 Å². The summed E-state index contributed by atoms with van der Waals surface area (Å²) in [4.78, 5) is 10.7. The second-order valence-electron chi connectivity index (χ2n) is 3.42. The molecule has 0 aromatic carbocycles. The molecule has 0 amide bonds. The predicted octanol–water partition coefficient (Wildman–Crippen LogP) is 2.04. The van der Waals surface area contributed by atoms with Gasteiger partial charge in [0.2, 0.25) is 0 Å². The quantitative estimate of drug-likeness (QED) is 0.488. The first-order valence-electron chi connectivity index (χ1n) is 4.44. The van der Waals surface area contributed by atoms with E-state index in [0.29, 0.717) is 0 Å². The summed E-state index contributed by atoms with van der Waals surface area (Å²) in [6.45, 7) is 7.37. The molecule has 0 aromatic heterocycles. The van der Waals surface area contributed by atoms with E-state index in [1.807, 2.05) is 6.92 Å². The molecule has 70 valence electrons. The molecular weight excluding hydrogens is 150 g/mol. The lowest BCUT2D eigenvalue weighted by Gasteiger charge is -2.06. The number of rotatable bonds is 6. The first-order chi connectivity index (χ1) is 5.54. The van der Waals surface area contributed by atoms with Crippen LogP contribution in [-0.2, 0) is 4.79 Å². The molecule has 0 radical (unpaired) electrons. The Kier molecular flexibility index (Phi) is 5.64. The van der Waals surface area contributed by atoms with Gasteiger partial charge in [0, 0.05) is 0 Å². The van der Waals surface area contributed by atoms with Crippen molar-refractivity contribution in [1.29, 1.82) is 0 Å². The van der Waals surface area contributed by atoms with Crippen LogP contribution >= 0.6 is 0 Å². The van der Waals surface area contributed by atoms with Crippen LogP contribution < -0.4 is 5.73 Å². The average Bonchev–Trinajstić information content (AvgIpc) is 1.97. The molecule has 0 unspecified atom stereocenters. The van der Waals surface area contributed by atoms with E-state index in [0.717, 1.165) is 25.7 Å². The molecule has 0 aliphatic carbocycles. The van der Waals surface area contributed by atoms with Crippen LogP contribution in [0.2, 0.25) is 0 Å². The zero-order valence-corrected chi connectivity index (χ0v) is 8.10. The van der Waals surface area contributed by atoms with Crippen molar-refractivity contribution in [1.82, 2.24) is 0 Å². The number of carbonyl (C=O) groups excluding carboxylic acids is 1. The van der Waals surface area contributed by atoms with Crippen molar-refractivity contribution in [3.8, 4) is 0 Å². The molecule has 2 N–H and O–H groups in total. The minimum Gasteiger partial charge on any atom is -0.322 e. The molecular formula is C10H19NO. The smallest absolute Gasteiger partial charge is 0.146 e. The van der Waals surface area contributed by atoms with Crippen LogP contribution in [0.15, 0.2) is 12.2 Å². The Morgan fingerprint density at radius 3 is 2.42 bits per heavy atom. The van der Waals surface area contributed by atoms with Gasteiger partial charge in [0.25, 0.3) is 0 Å². The molecule has 0 bridgehead atoms. The fourth-order valence-corrected chi connectivity index (χ4v) is 0.994. The Labute approximate surface area is 74.8 Å². The van der Waals surface area contributed by atoms with Crippen molar-refractivity contribution in [3.05, 3.63) is 12.2 Å². The summed E-state index contributed by atoms with van der Waals surface area (Å²) in [5.41, 5.74) is 6.76. The Balaban J connectivity index is 3.31. The molecule has 0 aromatic rings. The molecule has 0 saturated heterocycles. The summed E-state index contributed by atoms with van der Waals surface area (Å²) in [5.74, 6) is 0.0883. The van der Waals surface area contributed by atoms with Crippen LogP contribution in [0.5, 0.6) is 0 Å². The predicted molar refractivity (Wildman–Crippen MR) is 51.9 cm³/mol. The van der Waals surface area contributed by atoms with Crippen molar-refractivity contribution in [2.24, 2.45) is 5.73 Å². The summed E-state index contributed by atoms with van der Waals surface area (Å²) in [5, 5.41) is 0. The van der Waals surface area contributed by atoms with E-state index in [-0.39, 0.29) is 11.8 Å². The van der Waals surface area contributed by atoms with Crippen LogP contribution in [0.4, 0.5) is 0 Å². The lowest BCUT2D eigenvalue weighted by Crippen LogP contribution is -2.27. The summed E-state index contributed by atoms with van der Waals surface area (Å²) >= 11 is 0. The first kappa shape index (κ1) is 11.4.